The van der Waals surface area contributed by atoms with Crippen LogP contribution in [0.5, 0.6) is 0 Å². The maximum absolute atomic E-state index is 12.6. The van der Waals surface area contributed by atoms with E-state index in [1.54, 1.807) is 13.8 Å². The lowest BCUT2D eigenvalue weighted by molar-refractivity contribution is 0.0294. The number of ether oxygens (including phenoxy) is 1. The van der Waals surface area contributed by atoms with Crippen LogP contribution in [0.15, 0.2) is 0 Å². The summed E-state index contributed by atoms with van der Waals surface area (Å²) >= 11 is 0. The van der Waals surface area contributed by atoms with Gasteiger partial charge in [0, 0.05) is 13.2 Å². The van der Waals surface area contributed by atoms with Crippen molar-refractivity contribution in [2.45, 2.75) is 26.7 Å². The molecule has 1 fully saturated rings. The van der Waals surface area contributed by atoms with Gasteiger partial charge in [-0.2, -0.15) is 8.42 Å². The molecule has 1 aliphatic rings. The Hall–Kier alpha value is -0.160. The fourth-order valence-electron chi connectivity index (χ4n) is 2.04. The third kappa shape index (κ3) is 3.53. The SMILES string of the molecule is CC(C)(CS(=O)(=O)F)C1CCOCC1. The minimum atomic E-state index is -4.37. The van der Waals surface area contributed by atoms with E-state index in [0.717, 1.165) is 12.8 Å². The molecule has 0 spiro atoms. The first-order valence-corrected chi connectivity index (χ1v) is 6.37. The van der Waals surface area contributed by atoms with Crippen molar-refractivity contribution in [1.82, 2.24) is 0 Å². The van der Waals surface area contributed by atoms with Crippen molar-refractivity contribution < 1.29 is 17.0 Å². The molecule has 1 aliphatic heterocycles. The van der Waals surface area contributed by atoms with E-state index in [9.17, 15) is 12.3 Å². The Morgan fingerprint density at radius 3 is 2.29 bits per heavy atom. The van der Waals surface area contributed by atoms with Crippen LogP contribution in [0.2, 0.25) is 0 Å². The van der Waals surface area contributed by atoms with Gasteiger partial charge < -0.3 is 4.74 Å². The van der Waals surface area contributed by atoms with Gasteiger partial charge in [-0.05, 0) is 24.2 Å². The maximum Gasteiger partial charge on any atom is 0.302 e. The first-order chi connectivity index (χ1) is 6.31. The van der Waals surface area contributed by atoms with Crippen LogP contribution in [0.3, 0.4) is 0 Å². The zero-order valence-corrected chi connectivity index (χ0v) is 9.44. The molecule has 0 radical (unpaired) electrons. The highest BCUT2D eigenvalue weighted by atomic mass is 32.3. The predicted octanol–water partition coefficient (Wildman–Crippen LogP) is 1.74. The first-order valence-electron chi connectivity index (χ1n) is 4.81. The van der Waals surface area contributed by atoms with Gasteiger partial charge in [0.05, 0.1) is 5.75 Å². The molecule has 0 aromatic heterocycles. The van der Waals surface area contributed by atoms with E-state index in [-0.39, 0.29) is 11.7 Å². The minimum Gasteiger partial charge on any atom is -0.381 e. The van der Waals surface area contributed by atoms with E-state index >= 15 is 0 Å². The standard InChI is InChI=1S/C9H17FO3S/c1-9(2,7-14(10,11)12)8-3-5-13-6-4-8/h8H,3-7H2,1-2H3. The van der Waals surface area contributed by atoms with E-state index < -0.39 is 15.6 Å². The third-order valence-corrected chi connectivity index (χ3v) is 3.96. The molecule has 0 N–H and O–H groups in total. The van der Waals surface area contributed by atoms with Crippen molar-refractivity contribution in [3.63, 3.8) is 0 Å². The monoisotopic (exact) mass is 224 g/mol. The lowest BCUT2D eigenvalue weighted by atomic mass is 9.76. The van der Waals surface area contributed by atoms with E-state index in [0.29, 0.717) is 13.2 Å². The van der Waals surface area contributed by atoms with Gasteiger partial charge in [-0.1, -0.05) is 13.8 Å². The van der Waals surface area contributed by atoms with Gasteiger partial charge in [0.2, 0.25) is 0 Å². The van der Waals surface area contributed by atoms with Gasteiger partial charge in [-0.25, -0.2) is 0 Å². The molecule has 14 heavy (non-hydrogen) atoms. The summed E-state index contributed by atoms with van der Waals surface area (Å²) in [5, 5.41) is 0. The molecule has 3 nitrogen and oxygen atoms in total. The number of hydrogen-bond donors (Lipinski definition) is 0. The van der Waals surface area contributed by atoms with Crippen LogP contribution in [0.25, 0.3) is 0 Å². The largest absolute Gasteiger partial charge is 0.381 e. The fourth-order valence-corrected chi connectivity index (χ4v) is 3.17. The summed E-state index contributed by atoms with van der Waals surface area (Å²) in [4.78, 5) is 0. The average molecular weight is 224 g/mol. The third-order valence-electron chi connectivity index (χ3n) is 2.87. The molecule has 0 aromatic carbocycles. The molecule has 0 atom stereocenters. The molecule has 0 unspecified atom stereocenters. The first kappa shape index (κ1) is 11.9. The van der Waals surface area contributed by atoms with E-state index in [4.69, 9.17) is 4.74 Å². The Morgan fingerprint density at radius 2 is 1.86 bits per heavy atom. The van der Waals surface area contributed by atoms with Crippen LogP contribution in [-0.2, 0) is 15.0 Å². The Balaban J connectivity index is 2.63. The van der Waals surface area contributed by atoms with Gasteiger partial charge in [0.25, 0.3) is 0 Å². The van der Waals surface area contributed by atoms with Crippen molar-refractivity contribution in [1.29, 1.82) is 0 Å². The summed E-state index contributed by atoms with van der Waals surface area (Å²) in [6.07, 6.45) is 1.64. The van der Waals surface area contributed by atoms with Gasteiger partial charge >= 0.3 is 10.2 Å². The second-order valence-electron chi connectivity index (χ2n) is 4.56. The predicted molar refractivity (Wildman–Crippen MR) is 52.2 cm³/mol. The smallest absolute Gasteiger partial charge is 0.302 e. The van der Waals surface area contributed by atoms with E-state index in [2.05, 4.69) is 0 Å². The fraction of sp³-hybridized carbons (Fsp3) is 1.00. The van der Waals surface area contributed by atoms with E-state index in [1.165, 1.54) is 0 Å². The Bertz CT molecular complexity index is 278. The highest BCUT2D eigenvalue weighted by Gasteiger charge is 2.35. The molecule has 0 aromatic rings. The molecule has 1 saturated heterocycles. The molecular formula is C9H17FO3S. The lowest BCUT2D eigenvalue weighted by Gasteiger charge is -2.35. The van der Waals surface area contributed by atoms with Crippen molar-refractivity contribution in [2.75, 3.05) is 19.0 Å². The van der Waals surface area contributed by atoms with Crippen molar-refractivity contribution in [3.8, 4) is 0 Å². The highest BCUT2D eigenvalue weighted by molar-refractivity contribution is 7.86. The maximum atomic E-state index is 12.6. The van der Waals surface area contributed by atoms with Crippen molar-refractivity contribution >= 4 is 10.2 Å². The number of rotatable bonds is 3. The normalized spacial score (nSPS) is 21.1. The molecule has 1 heterocycles. The van der Waals surface area contributed by atoms with Crippen LogP contribution in [0, 0.1) is 11.3 Å². The molecule has 0 bridgehead atoms. The van der Waals surface area contributed by atoms with Crippen LogP contribution in [0.4, 0.5) is 3.89 Å². The molecule has 0 amide bonds. The Labute approximate surface area is 84.9 Å². The average Bonchev–Trinajstić information content (AvgIpc) is 2.01. The zero-order chi connectivity index (χ0) is 10.8. The van der Waals surface area contributed by atoms with E-state index in [1.807, 2.05) is 0 Å². The molecule has 84 valence electrons. The summed E-state index contributed by atoms with van der Waals surface area (Å²) in [5.74, 6) is -0.147. The molecule has 1 rings (SSSR count). The number of halogens is 1. The zero-order valence-electron chi connectivity index (χ0n) is 8.62. The molecule has 0 aliphatic carbocycles. The molecule has 5 heteroatoms. The molecule has 0 saturated carbocycles. The minimum absolute atomic E-state index is 0.238. The topological polar surface area (TPSA) is 43.4 Å². The van der Waals surface area contributed by atoms with Gasteiger partial charge in [0.15, 0.2) is 0 Å². The summed E-state index contributed by atoms with van der Waals surface area (Å²) < 4.78 is 38.9. The summed E-state index contributed by atoms with van der Waals surface area (Å²) in [7, 11) is -4.37. The van der Waals surface area contributed by atoms with Gasteiger partial charge in [0.1, 0.15) is 0 Å². The van der Waals surface area contributed by atoms with Crippen LogP contribution in [-0.4, -0.2) is 27.4 Å². The Morgan fingerprint density at radius 1 is 1.36 bits per heavy atom. The summed E-state index contributed by atoms with van der Waals surface area (Å²) in [5.41, 5.74) is -0.489. The van der Waals surface area contributed by atoms with Crippen LogP contribution in [0.1, 0.15) is 26.7 Å². The van der Waals surface area contributed by atoms with Gasteiger partial charge in [-0.15, -0.1) is 3.89 Å². The second-order valence-corrected chi connectivity index (χ2v) is 5.92. The quantitative estimate of drug-likeness (QED) is 0.686. The van der Waals surface area contributed by atoms with Crippen molar-refractivity contribution in [2.24, 2.45) is 11.3 Å². The number of hydrogen-bond acceptors (Lipinski definition) is 3. The highest BCUT2D eigenvalue weighted by Crippen LogP contribution is 2.35. The second kappa shape index (κ2) is 4.14. The lowest BCUT2D eigenvalue weighted by Crippen LogP contribution is -2.34. The van der Waals surface area contributed by atoms with Gasteiger partial charge in [-0.3, -0.25) is 0 Å². The Kier molecular flexibility index (Phi) is 3.53. The van der Waals surface area contributed by atoms with Crippen LogP contribution < -0.4 is 0 Å². The molecular weight excluding hydrogens is 207 g/mol. The summed E-state index contributed by atoms with van der Waals surface area (Å²) in [6, 6.07) is 0. The summed E-state index contributed by atoms with van der Waals surface area (Å²) in [6.45, 7) is 4.92. The van der Waals surface area contributed by atoms with Crippen molar-refractivity contribution in [3.05, 3.63) is 0 Å². The van der Waals surface area contributed by atoms with Crippen LogP contribution >= 0.6 is 0 Å².